The number of H-pyrrole nitrogens is 1. The van der Waals surface area contributed by atoms with Gasteiger partial charge in [0.05, 0.1) is 12.3 Å². The number of nitrogens with zero attached hydrogens (tertiary/aromatic N) is 5. The number of tetrazole rings is 1. The van der Waals surface area contributed by atoms with Crippen molar-refractivity contribution in [3.63, 3.8) is 0 Å². The molecule has 0 atom stereocenters. The molecule has 2 heterocycles. The smallest absolute Gasteiger partial charge is 1.00 e. The number of aromatic amines is 1. The van der Waals surface area contributed by atoms with Gasteiger partial charge < -0.3 is 11.1 Å². The molecule has 2 aromatic carbocycles. The maximum atomic E-state index is 9.77. The van der Waals surface area contributed by atoms with Crippen LogP contribution in [-0.2, 0) is 19.6 Å². The molecule has 164 valence electrons. The number of aliphatic hydroxyl groups excluding tert-OH is 1. The number of nitrogens with one attached hydrogen (secondary N) is 1. The molecular formula is C22H25Cl2KN6O. The number of rotatable bonds is 8. The Hall–Kier alpha value is -1.10. The van der Waals surface area contributed by atoms with Crippen LogP contribution in [0.1, 0.15) is 38.3 Å². The minimum Gasteiger partial charge on any atom is -1.00 e. The zero-order valence-corrected chi connectivity index (χ0v) is 22.8. The normalized spacial score (nSPS) is 10.5. The summed E-state index contributed by atoms with van der Waals surface area (Å²) in [7, 11) is 0. The quantitative estimate of drug-likeness (QED) is 0.361. The van der Waals surface area contributed by atoms with Crippen molar-refractivity contribution in [3.8, 4) is 22.5 Å². The molecule has 32 heavy (non-hydrogen) atoms. The Bertz CT molecular complexity index is 1120. The van der Waals surface area contributed by atoms with E-state index in [2.05, 4.69) is 56.8 Å². The minimum atomic E-state index is -0.131. The van der Waals surface area contributed by atoms with Gasteiger partial charge in [-0.15, -0.1) is 22.6 Å². The van der Waals surface area contributed by atoms with E-state index in [1.807, 2.05) is 28.8 Å². The molecule has 7 nitrogen and oxygen atoms in total. The number of aryl methyl sites for hydroxylation is 1. The van der Waals surface area contributed by atoms with E-state index < -0.39 is 0 Å². The van der Waals surface area contributed by atoms with E-state index in [1.165, 1.54) is 0 Å². The van der Waals surface area contributed by atoms with Crippen molar-refractivity contribution >= 4 is 24.0 Å². The molecule has 2 N–H and O–H groups in total. The summed E-state index contributed by atoms with van der Waals surface area (Å²) in [6.07, 6.45) is 2.95. The monoisotopic (exact) mass is 498 g/mol. The van der Waals surface area contributed by atoms with Crippen molar-refractivity contribution in [2.75, 3.05) is 0 Å². The van der Waals surface area contributed by atoms with Gasteiger partial charge in [0.1, 0.15) is 5.82 Å². The molecule has 0 aliphatic carbocycles. The Balaban J connectivity index is 0.00000181. The van der Waals surface area contributed by atoms with Gasteiger partial charge in [0.15, 0.2) is 5.15 Å². The van der Waals surface area contributed by atoms with Crippen molar-refractivity contribution in [2.45, 2.75) is 39.3 Å². The molecule has 0 unspecified atom stereocenters. The first-order valence-electron chi connectivity index (χ1n) is 9.98. The summed E-state index contributed by atoms with van der Waals surface area (Å²) in [6.45, 7) is 2.63. The topological polar surface area (TPSA) is 92.5 Å². The zero-order valence-electron chi connectivity index (χ0n) is 19.1. The van der Waals surface area contributed by atoms with Gasteiger partial charge in [-0.1, -0.05) is 73.5 Å². The molecule has 2 aromatic heterocycles. The fourth-order valence-corrected chi connectivity index (χ4v) is 3.81. The Kier molecular flexibility index (Phi) is 11.0. The van der Waals surface area contributed by atoms with E-state index in [1.54, 1.807) is 0 Å². The fourth-order valence-electron chi connectivity index (χ4n) is 3.55. The number of hydrogen-bond donors (Lipinski definition) is 2. The summed E-state index contributed by atoms with van der Waals surface area (Å²) in [6, 6.07) is 16.3. The van der Waals surface area contributed by atoms with Crippen LogP contribution in [-0.4, -0.2) is 35.3 Å². The van der Waals surface area contributed by atoms with Gasteiger partial charge in [-0.25, -0.2) is 4.98 Å². The van der Waals surface area contributed by atoms with Crippen LogP contribution in [0.5, 0.6) is 0 Å². The third-order valence-corrected chi connectivity index (χ3v) is 5.43. The second-order valence-electron chi connectivity index (χ2n) is 7.09. The van der Waals surface area contributed by atoms with Crippen molar-refractivity contribution < 1.29 is 57.9 Å². The number of imidazole rings is 1. The molecule has 0 radical (unpaired) electrons. The van der Waals surface area contributed by atoms with Crippen molar-refractivity contribution in [2.24, 2.45) is 0 Å². The number of halogens is 2. The Morgan fingerprint density at radius 1 is 1.09 bits per heavy atom. The molecule has 0 amide bonds. The van der Waals surface area contributed by atoms with Crippen LogP contribution < -0.4 is 51.4 Å². The molecule has 4 rings (SSSR count). The van der Waals surface area contributed by atoms with Gasteiger partial charge in [0.2, 0.25) is 5.82 Å². The van der Waals surface area contributed by atoms with Crippen LogP contribution in [0.4, 0.5) is 0 Å². The standard InChI is InChI=1S/C22H23ClN6O.ClH.K.H/c1-2-3-8-20-24-21(23)19(14-30)29(20)13-15-9-11-16(12-10-15)17-6-4-5-7-18(17)22-25-27-28-26-22;;;/h4-7,9-12,30H,2-3,8,13-14H2,1H3,(H,25,26,27,28);1H;;/q;;+1;-1. The number of aliphatic hydroxyl groups is 1. The molecule has 0 saturated heterocycles. The Labute approximate surface area is 242 Å². The Morgan fingerprint density at radius 2 is 1.81 bits per heavy atom. The molecule has 0 aliphatic rings. The summed E-state index contributed by atoms with van der Waals surface area (Å²) in [4.78, 5) is 4.47. The number of benzene rings is 2. The first kappa shape index (κ1) is 27.1. The molecule has 10 heteroatoms. The molecule has 0 bridgehead atoms. The Morgan fingerprint density at radius 3 is 2.44 bits per heavy atom. The summed E-state index contributed by atoms with van der Waals surface area (Å²) in [5.41, 5.74) is 4.80. The predicted octanol–water partition coefficient (Wildman–Crippen LogP) is 1.81. The molecule has 0 fully saturated rings. The second kappa shape index (κ2) is 13.0. The number of aromatic nitrogens is 6. The maximum absolute atomic E-state index is 9.77. The number of hydrogen-bond acceptors (Lipinski definition) is 5. The van der Waals surface area contributed by atoms with E-state index in [-0.39, 0.29) is 71.8 Å². The molecular weight excluding hydrogens is 474 g/mol. The first-order chi connectivity index (χ1) is 14.7. The summed E-state index contributed by atoms with van der Waals surface area (Å²) in [5, 5.41) is 24.5. The van der Waals surface area contributed by atoms with Gasteiger partial charge in [-0.05, 0) is 28.3 Å². The molecule has 0 aliphatic heterocycles. The summed E-state index contributed by atoms with van der Waals surface area (Å²) in [5.74, 6) is 1.48. The third kappa shape index (κ3) is 6.06. The maximum Gasteiger partial charge on any atom is 1.00 e. The van der Waals surface area contributed by atoms with E-state index in [9.17, 15) is 5.11 Å². The average Bonchev–Trinajstić information content (AvgIpc) is 3.41. The van der Waals surface area contributed by atoms with Crippen LogP contribution in [0.15, 0.2) is 48.5 Å². The van der Waals surface area contributed by atoms with Crippen molar-refractivity contribution in [1.29, 1.82) is 0 Å². The van der Waals surface area contributed by atoms with Gasteiger partial charge in [0.25, 0.3) is 0 Å². The van der Waals surface area contributed by atoms with Crippen molar-refractivity contribution in [1.82, 2.24) is 30.2 Å². The van der Waals surface area contributed by atoms with E-state index in [0.29, 0.717) is 23.2 Å². The molecule has 0 spiro atoms. The van der Waals surface area contributed by atoms with E-state index in [4.69, 9.17) is 11.6 Å². The van der Waals surface area contributed by atoms with Crippen LogP contribution in [0, 0.1) is 0 Å². The first-order valence-corrected chi connectivity index (χ1v) is 10.4. The van der Waals surface area contributed by atoms with Gasteiger partial charge in [0, 0.05) is 18.5 Å². The second-order valence-corrected chi connectivity index (χ2v) is 7.45. The SMILES string of the molecule is CCCCc1nc(Cl)c(CO)n1Cc1ccc(-c2ccccc2-c2nn[nH]n2)cc1.Cl.[H-].[K+]. The third-order valence-electron chi connectivity index (χ3n) is 5.13. The van der Waals surface area contributed by atoms with Crippen LogP contribution in [0.25, 0.3) is 22.5 Å². The van der Waals surface area contributed by atoms with E-state index >= 15 is 0 Å². The zero-order chi connectivity index (χ0) is 20.9. The van der Waals surface area contributed by atoms with Gasteiger partial charge in [-0.3, -0.25) is 0 Å². The van der Waals surface area contributed by atoms with Gasteiger partial charge in [-0.2, -0.15) is 5.21 Å². The van der Waals surface area contributed by atoms with Crippen LogP contribution in [0.2, 0.25) is 5.15 Å². The van der Waals surface area contributed by atoms with Gasteiger partial charge >= 0.3 is 51.4 Å². The average molecular weight is 499 g/mol. The van der Waals surface area contributed by atoms with E-state index in [0.717, 1.165) is 47.3 Å². The number of unbranched alkanes of at least 4 members (excludes halogenated alkanes) is 1. The summed E-state index contributed by atoms with van der Waals surface area (Å²) >= 11 is 6.26. The van der Waals surface area contributed by atoms with Crippen LogP contribution in [0.3, 0.4) is 0 Å². The fraction of sp³-hybridized carbons (Fsp3) is 0.273. The molecule has 4 aromatic rings. The van der Waals surface area contributed by atoms with Crippen molar-refractivity contribution in [3.05, 3.63) is 70.8 Å². The largest absolute Gasteiger partial charge is 1.00 e. The summed E-state index contributed by atoms with van der Waals surface area (Å²) < 4.78 is 2.03. The minimum absolute atomic E-state index is 0. The van der Waals surface area contributed by atoms with Crippen LogP contribution >= 0.6 is 24.0 Å². The predicted molar refractivity (Wildman–Crippen MR) is 124 cm³/mol. The molecule has 0 saturated carbocycles.